The molecule has 12 nitrogen and oxygen atoms in total. The lowest BCUT2D eigenvalue weighted by Crippen LogP contribution is -2.31. The highest BCUT2D eigenvalue weighted by molar-refractivity contribution is 5.95. The number of H-pyrrole nitrogens is 2. The van der Waals surface area contributed by atoms with E-state index in [1.165, 1.54) is 27.6 Å². The van der Waals surface area contributed by atoms with E-state index >= 15 is 0 Å². The van der Waals surface area contributed by atoms with Crippen LogP contribution in [0.5, 0.6) is 0 Å². The Kier molecular flexibility index (Phi) is 13.2. The smallest absolute Gasteiger partial charge is 0.297 e. The zero-order valence-electron chi connectivity index (χ0n) is 21.9. The molecule has 0 aromatic carbocycles. The Hall–Kier alpha value is -4.80. The van der Waals surface area contributed by atoms with Crippen molar-refractivity contribution in [3.63, 3.8) is 0 Å². The van der Waals surface area contributed by atoms with Gasteiger partial charge in [-0.25, -0.2) is 9.59 Å². The van der Waals surface area contributed by atoms with E-state index in [1.807, 2.05) is 13.8 Å². The van der Waals surface area contributed by atoms with E-state index in [2.05, 4.69) is 37.8 Å². The van der Waals surface area contributed by atoms with E-state index in [1.54, 1.807) is 13.8 Å². The van der Waals surface area contributed by atoms with Gasteiger partial charge in [-0.15, -0.1) is 12.3 Å². The van der Waals surface area contributed by atoms with Crippen molar-refractivity contribution in [2.75, 3.05) is 6.54 Å². The monoisotopic (exact) mass is 521 g/mol. The predicted molar refractivity (Wildman–Crippen MR) is 146 cm³/mol. The van der Waals surface area contributed by atoms with Crippen molar-refractivity contribution >= 4 is 11.9 Å². The molecule has 0 radical (unpaired) electrons. The minimum atomic E-state index is -0.574. The quantitative estimate of drug-likeness (QED) is 0.129. The van der Waals surface area contributed by atoms with Crippen molar-refractivity contribution in [2.45, 2.75) is 65.5 Å². The maximum atomic E-state index is 11.6. The molecule has 2 N–H and O–H groups in total. The van der Waals surface area contributed by atoms with Crippen LogP contribution < -0.4 is 22.5 Å². The third-order valence-corrected chi connectivity index (χ3v) is 4.91. The van der Waals surface area contributed by atoms with Crippen molar-refractivity contribution in [1.29, 1.82) is 0 Å². The van der Waals surface area contributed by atoms with Gasteiger partial charge in [0.15, 0.2) is 5.78 Å². The van der Waals surface area contributed by atoms with Crippen molar-refractivity contribution in [2.24, 2.45) is 5.11 Å². The van der Waals surface area contributed by atoms with E-state index < -0.39 is 28.3 Å². The fourth-order valence-electron chi connectivity index (χ4n) is 2.90. The highest BCUT2D eigenvalue weighted by atomic mass is 16.2. The van der Waals surface area contributed by atoms with Crippen molar-refractivity contribution in [3.8, 4) is 24.2 Å². The SMILES string of the molecule is C#CCCCCC#Cc1cn(C(C)C)c(=O)[nH]c1=O.CC(C)n1cc(/C=C/C(=O)CN=[N+]=[N-])c(=O)[nH]c1=O. The number of azide groups is 1. The van der Waals surface area contributed by atoms with Gasteiger partial charge in [-0.05, 0) is 58.2 Å². The molecule has 0 atom stereocenters. The molecule has 2 heterocycles. The van der Waals surface area contributed by atoms with Crippen LogP contribution in [0.4, 0.5) is 0 Å². The first-order chi connectivity index (χ1) is 18.0. The standard InChI is InChI=1S/C15H18N2O2.C11H13N5O3/c1-4-5-6-7-8-9-10-13-11-17(12(2)3)15(19)16-14(13)18;1-7(2)16-6-8(10(18)14-11(16)19)3-4-9(17)5-13-15-12/h1,11-12H,5-8H2,2-3H3,(H,16,18,19);3-4,6-7H,5H2,1-2H3,(H,14,18,19)/b;4-3+. The van der Waals surface area contributed by atoms with Crippen LogP contribution in [-0.4, -0.2) is 31.4 Å². The van der Waals surface area contributed by atoms with Gasteiger partial charge in [0.25, 0.3) is 11.1 Å². The summed E-state index contributed by atoms with van der Waals surface area (Å²) in [6, 6.07) is -0.129. The molecule has 0 aliphatic carbocycles. The Bertz CT molecular complexity index is 1530. The zero-order valence-corrected chi connectivity index (χ0v) is 21.9. The average molecular weight is 522 g/mol. The van der Waals surface area contributed by atoms with Gasteiger partial charge >= 0.3 is 11.4 Å². The van der Waals surface area contributed by atoms with Crippen LogP contribution in [0.25, 0.3) is 16.5 Å². The molecular formula is C26H31N7O5. The van der Waals surface area contributed by atoms with Gasteiger partial charge in [0.1, 0.15) is 5.56 Å². The highest BCUT2D eigenvalue weighted by Gasteiger charge is 2.06. The lowest BCUT2D eigenvalue weighted by molar-refractivity contribution is -0.113. The number of terminal acetylenes is 1. The lowest BCUT2D eigenvalue weighted by atomic mass is 10.2. The number of carbonyl (C=O) groups is 1. The molecular weight excluding hydrogens is 490 g/mol. The van der Waals surface area contributed by atoms with Crippen LogP contribution in [-0.2, 0) is 4.79 Å². The van der Waals surface area contributed by atoms with E-state index in [4.69, 9.17) is 12.0 Å². The first kappa shape index (κ1) is 31.2. The van der Waals surface area contributed by atoms with E-state index in [-0.39, 0.29) is 24.2 Å². The molecule has 0 fully saturated rings. The number of hydrogen-bond donors (Lipinski definition) is 2. The van der Waals surface area contributed by atoms with Gasteiger partial charge in [0.05, 0.1) is 12.1 Å². The molecule has 12 heteroatoms. The van der Waals surface area contributed by atoms with E-state index in [0.29, 0.717) is 12.0 Å². The van der Waals surface area contributed by atoms with Crippen molar-refractivity contribution in [1.82, 2.24) is 19.1 Å². The number of rotatable bonds is 9. The highest BCUT2D eigenvalue weighted by Crippen LogP contribution is 2.01. The second-order valence-electron chi connectivity index (χ2n) is 8.55. The van der Waals surface area contributed by atoms with Crippen LogP contribution in [0.2, 0.25) is 0 Å². The fourth-order valence-corrected chi connectivity index (χ4v) is 2.90. The van der Waals surface area contributed by atoms with Gasteiger partial charge in [0, 0.05) is 42.2 Å². The maximum Gasteiger partial charge on any atom is 0.328 e. The number of nitrogens with zero attached hydrogens (tertiary/aromatic N) is 5. The van der Waals surface area contributed by atoms with Gasteiger partial charge in [-0.1, -0.05) is 17.0 Å². The number of ketones is 1. The molecule has 0 aliphatic heterocycles. The molecule has 38 heavy (non-hydrogen) atoms. The molecule has 0 amide bonds. The summed E-state index contributed by atoms with van der Waals surface area (Å²) < 4.78 is 2.81. The molecule has 0 bridgehead atoms. The summed E-state index contributed by atoms with van der Waals surface area (Å²) in [6.07, 6.45) is 13.8. The summed E-state index contributed by atoms with van der Waals surface area (Å²) in [5, 5.41) is 3.10. The van der Waals surface area contributed by atoms with Crippen LogP contribution in [0.15, 0.2) is 42.8 Å². The largest absolute Gasteiger partial charge is 0.328 e. The minimum absolute atomic E-state index is 0.0134. The number of aromatic amines is 2. The Morgan fingerprint density at radius 3 is 2.18 bits per heavy atom. The number of nitrogens with one attached hydrogen (secondary N) is 2. The van der Waals surface area contributed by atoms with Crippen molar-refractivity contribution in [3.05, 3.63) is 81.7 Å². The molecule has 0 saturated heterocycles. The number of unbranched alkanes of at least 4 members (excludes halogenated alkanes) is 3. The number of hydrogen-bond acceptors (Lipinski definition) is 6. The minimum Gasteiger partial charge on any atom is -0.297 e. The van der Waals surface area contributed by atoms with Crippen LogP contribution >= 0.6 is 0 Å². The third-order valence-electron chi connectivity index (χ3n) is 4.91. The number of carbonyl (C=O) groups excluding carboxylic acids is 1. The second kappa shape index (κ2) is 16.0. The van der Waals surface area contributed by atoms with Crippen LogP contribution in [0.1, 0.15) is 76.6 Å². The summed E-state index contributed by atoms with van der Waals surface area (Å²) in [4.78, 5) is 64.2. The van der Waals surface area contributed by atoms with E-state index in [0.717, 1.165) is 25.3 Å². The summed E-state index contributed by atoms with van der Waals surface area (Å²) in [5.41, 5.74) is 6.66. The fraction of sp³-hybridized carbons (Fsp3) is 0.423. The molecule has 0 spiro atoms. The molecule has 200 valence electrons. The van der Waals surface area contributed by atoms with Gasteiger partial charge in [-0.3, -0.25) is 33.5 Å². The van der Waals surface area contributed by atoms with Gasteiger partial charge in [-0.2, -0.15) is 0 Å². The summed E-state index contributed by atoms with van der Waals surface area (Å²) in [6.45, 7) is 7.02. The zero-order chi connectivity index (χ0) is 28.7. The Morgan fingerprint density at radius 1 is 1.03 bits per heavy atom. The molecule has 0 aliphatic rings. The molecule has 2 aromatic rings. The normalized spacial score (nSPS) is 10.2. The first-order valence-corrected chi connectivity index (χ1v) is 11.9. The molecule has 0 unspecified atom stereocenters. The van der Waals surface area contributed by atoms with Crippen LogP contribution in [0, 0.1) is 24.2 Å². The lowest BCUT2D eigenvalue weighted by Gasteiger charge is -2.08. The Balaban J connectivity index is 0.000000380. The third kappa shape index (κ3) is 10.4. The average Bonchev–Trinajstić information content (AvgIpc) is 2.85. The predicted octanol–water partition coefficient (Wildman–Crippen LogP) is 2.67. The van der Waals surface area contributed by atoms with E-state index in [9.17, 15) is 24.0 Å². The topological polar surface area (TPSA) is 176 Å². The summed E-state index contributed by atoms with van der Waals surface area (Å²) in [7, 11) is 0. The van der Waals surface area contributed by atoms with Crippen molar-refractivity contribution < 1.29 is 4.79 Å². The van der Waals surface area contributed by atoms with Crippen LogP contribution in [0.3, 0.4) is 0 Å². The molecule has 2 aromatic heterocycles. The van der Waals surface area contributed by atoms with Gasteiger partial charge in [0.2, 0.25) is 0 Å². The second-order valence-corrected chi connectivity index (χ2v) is 8.55. The number of aromatic nitrogens is 4. The maximum absolute atomic E-state index is 11.6. The molecule has 0 saturated carbocycles. The molecule has 2 rings (SSSR count). The Morgan fingerprint density at radius 2 is 1.61 bits per heavy atom. The summed E-state index contributed by atoms with van der Waals surface area (Å²) in [5.74, 6) is 7.88. The Labute approximate surface area is 219 Å². The summed E-state index contributed by atoms with van der Waals surface area (Å²) >= 11 is 0. The first-order valence-electron chi connectivity index (χ1n) is 11.9. The van der Waals surface area contributed by atoms with Gasteiger partial charge < -0.3 is 0 Å².